The molecule has 0 spiro atoms. The molecule has 4 rings (SSSR count). The third-order valence-corrected chi connectivity index (χ3v) is 4.68. The number of anilines is 1. The van der Waals surface area contributed by atoms with Crippen molar-refractivity contribution in [3.05, 3.63) is 97.1 Å². The SMILES string of the molecule is Nc1ccccc1.O=C1c2c(O)ccc([N+](=O)[O-])c2C(=O)c2c(O)ccc([N+](=O)[O-])c21.OCCCl. The number of hydrogen-bond acceptors (Lipinski definition) is 10. The van der Waals surface area contributed by atoms with Crippen molar-refractivity contribution in [2.75, 3.05) is 18.2 Å². The number of nitro benzene ring substituents is 2. The zero-order valence-corrected chi connectivity index (χ0v) is 18.5. The van der Waals surface area contributed by atoms with Gasteiger partial charge in [0.1, 0.15) is 22.6 Å². The molecule has 3 aromatic rings. The fraction of sp³-hybridized carbons (Fsp3) is 0.0909. The number of aliphatic hydroxyl groups is 1. The molecule has 0 unspecified atom stereocenters. The van der Waals surface area contributed by atoms with Gasteiger partial charge in [0.15, 0.2) is 0 Å². The fourth-order valence-electron chi connectivity index (χ4n) is 3.09. The fourth-order valence-corrected chi connectivity index (χ4v) is 3.09. The minimum absolute atomic E-state index is 0.0849. The number of rotatable bonds is 3. The van der Waals surface area contributed by atoms with Crippen molar-refractivity contribution in [1.82, 2.24) is 0 Å². The first-order valence-electron chi connectivity index (χ1n) is 9.64. The molecule has 0 atom stereocenters. The lowest BCUT2D eigenvalue weighted by Gasteiger charge is -2.18. The third kappa shape index (κ3) is 5.69. The van der Waals surface area contributed by atoms with Crippen LogP contribution in [0.1, 0.15) is 31.8 Å². The van der Waals surface area contributed by atoms with Gasteiger partial charge in [0.25, 0.3) is 11.4 Å². The lowest BCUT2D eigenvalue weighted by atomic mass is 9.81. The van der Waals surface area contributed by atoms with Gasteiger partial charge in [-0.15, -0.1) is 11.6 Å². The van der Waals surface area contributed by atoms with Crippen LogP contribution in [-0.4, -0.2) is 49.2 Å². The molecule has 13 heteroatoms. The number of nitrogen functional groups attached to an aromatic ring is 1. The van der Waals surface area contributed by atoms with Gasteiger partial charge in [-0.25, -0.2) is 0 Å². The molecule has 0 fully saturated rings. The van der Waals surface area contributed by atoms with Gasteiger partial charge in [-0.3, -0.25) is 29.8 Å². The number of halogens is 1. The maximum absolute atomic E-state index is 12.6. The minimum atomic E-state index is -1.15. The van der Waals surface area contributed by atoms with E-state index in [9.17, 15) is 40.0 Å². The summed E-state index contributed by atoms with van der Waals surface area (Å²) in [6.07, 6.45) is 0. The lowest BCUT2D eigenvalue weighted by Crippen LogP contribution is -2.23. The first-order valence-corrected chi connectivity index (χ1v) is 10.2. The summed E-state index contributed by atoms with van der Waals surface area (Å²) in [5.41, 5.74) is 1.85. The second-order valence-electron chi connectivity index (χ2n) is 6.70. The van der Waals surface area contributed by atoms with Gasteiger partial charge in [0.05, 0.1) is 27.6 Å². The number of carbonyl (C=O) groups is 2. The lowest BCUT2D eigenvalue weighted by molar-refractivity contribution is -0.385. The predicted octanol–water partition coefficient (Wildman–Crippen LogP) is 3.18. The maximum Gasteiger partial charge on any atom is 0.281 e. The van der Waals surface area contributed by atoms with E-state index in [0.29, 0.717) is 5.88 Å². The largest absolute Gasteiger partial charge is 0.507 e. The molecule has 182 valence electrons. The molecule has 1 aliphatic rings. The van der Waals surface area contributed by atoms with Crippen LogP contribution in [0.5, 0.6) is 11.5 Å². The summed E-state index contributed by atoms with van der Waals surface area (Å²) in [5.74, 6) is -3.40. The maximum atomic E-state index is 12.6. The normalized spacial score (nSPS) is 11.1. The number of aromatic hydroxyl groups is 2. The van der Waals surface area contributed by atoms with E-state index in [0.717, 1.165) is 30.0 Å². The molecule has 0 aliphatic heterocycles. The molecule has 0 saturated carbocycles. The molecular formula is C22H18ClN3O9. The van der Waals surface area contributed by atoms with E-state index in [-0.39, 0.29) is 6.61 Å². The molecule has 0 radical (unpaired) electrons. The summed E-state index contributed by atoms with van der Waals surface area (Å²) in [6.45, 7) is 0.0849. The Balaban J connectivity index is 0.000000325. The van der Waals surface area contributed by atoms with Crippen LogP contribution in [0.4, 0.5) is 17.1 Å². The molecule has 0 bridgehead atoms. The number of nitrogens with zero attached hydrogens (tertiary/aromatic N) is 2. The van der Waals surface area contributed by atoms with E-state index in [4.69, 9.17) is 22.4 Å². The Bertz CT molecular complexity index is 1220. The predicted molar refractivity (Wildman–Crippen MR) is 125 cm³/mol. The summed E-state index contributed by atoms with van der Waals surface area (Å²) < 4.78 is 0. The summed E-state index contributed by atoms with van der Waals surface area (Å²) in [4.78, 5) is 45.5. The van der Waals surface area contributed by atoms with Crippen molar-refractivity contribution in [3.63, 3.8) is 0 Å². The quantitative estimate of drug-likeness (QED) is 0.139. The monoisotopic (exact) mass is 503 g/mol. The van der Waals surface area contributed by atoms with E-state index < -0.39 is 66.5 Å². The van der Waals surface area contributed by atoms with Crippen LogP contribution in [0.15, 0.2) is 54.6 Å². The highest BCUT2D eigenvalue weighted by molar-refractivity contribution is 6.32. The van der Waals surface area contributed by atoms with Crippen LogP contribution >= 0.6 is 11.6 Å². The van der Waals surface area contributed by atoms with Crippen molar-refractivity contribution in [2.45, 2.75) is 0 Å². The van der Waals surface area contributed by atoms with Gasteiger partial charge in [-0.05, 0) is 24.3 Å². The molecular weight excluding hydrogens is 486 g/mol. The number of phenols is 2. The van der Waals surface area contributed by atoms with Gasteiger partial charge in [-0.2, -0.15) is 0 Å². The van der Waals surface area contributed by atoms with Crippen LogP contribution in [0.2, 0.25) is 0 Å². The van der Waals surface area contributed by atoms with Crippen molar-refractivity contribution >= 4 is 40.2 Å². The van der Waals surface area contributed by atoms with Crippen molar-refractivity contribution in [1.29, 1.82) is 0 Å². The van der Waals surface area contributed by atoms with Gasteiger partial charge >= 0.3 is 0 Å². The van der Waals surface area contributed by atoms with Gasteiger partial charge in [-0.1, -0.05) is 18.2 Å². The average molecular weight is 504 g/mol. The van der Waals surface area contributed by atoms with Crippen molar-refractivity contribution < 1.29 is 34.8 Å². The van der Waals surface area contributed by atoms with Gasteiger partial charge in [0, 0.05) is 23.7 Å². The summed E-state index contributed by atoms with van der Waals surface area (Å²) in [5, 5.41) is 49.6. The van der Waals surface area contributed by atoms with Crippen LogP contribution in [0.3, 0.4) is 0 Å². The van der Waals surface area contributed by atoms with Crippen LogP contribution in [0.25, 0.3) is 0 Å². The Kier molecular flexibility index (Phi) is 8.80. The Hall–Kier alpha value is -4.55. The van der Waals surface area contributed by atoms with Crippen molar-refractivity contribution in [2.24, 2.45) is 0 Å². The summed E-state index contributed by atoms with van der Waals surface area (Å²) >= 11 is 4.94. The standard InChI is InChI=1S/C14H6N2O8.C6H7N.C2H5ClO/c17-7-3-1-5(15(21)22)9-11(7)14(20)10-6(16(23)24)2-4-8(18)12(10)13(9)19;7-6-4-2-1-3-5-6;3-1-2-4/h1-4,17-18H;1-5H,7H2;4H,1-2H2. The second-order valence-corrected chi connectivity index (χ2v) is 7.08. The van der Waals surface area contributed by atoms with Crippen LogP contribution in [-0.2, 0) is 0 Å². The number of nitrogens with two attached hydrogens (primary N) is 1. The van der Waals surface area contributed by atoms with Crippen molar-refractivity contribution in [3.8, 4) is 11.5 Å². The molecule has 0 saturated heterocycles. The molecule has 5 N–H and O–H groups in total. The zero-order valence-electron chi connectivity index (χ0n) is 17.8. The average Bonchev–Trinajstić information content (AvgIpc) is 2.82. The summed E-state index contributed by atoms with van der Waals surface area (Å²) in [6, 6.07) is 12.8. The third-order valence-electron chi connectivity index (χ3n) is 4.51. The first kappa shape index (κ1) is 26.7. The molecule has 1 aliphatic carbocycles. The second kappa shape index (κ2) is 11.5. The smallest absolute Gasteiger partial charge is 0.281 e. The van der Waals surface area contributed by atoms with E-state index in [1.807, 2.05) is 30.3 Å². The number of nitro groups is 2. The minimum Gasteiger partial charge on any atom is -0.507 e. The number of alkyl halides is 1. The zero-order chi connectivity index (χ0) is 26.3. The Labute approximate surface area is 202 Å². The van der Waals surface area contributed by atoms with Gasteiger partial charge in [0.2, 0.25) is 11.6 Å². The molecule has 35 heavy (non-hydrogen) atoms. The van der Waals surface area contributed by atoms with Gasteiger partial charge < -0.3 is 21.1 Å². The van der Waals surface area contributed by atoms with E-state index >= 15 is 0 Å². The van der Waals surface area contributed by atoms with E-state index in [1.54, 1.807) is 0 Å². The number of hydrogen-bond donors (Lipinski definition) is 4. The molecule has 3 aromatic carbocycles. The van der Waals surface area contributed by atoms with E-state index in [1.165, 1.54) is 0 Å². The number of phenolic OH excluding ortho intramolecular Hbond substituents is 2. The number of aliphatic hydroxyl groups excluding tert-OH is 1. The first-order chi connectivity index (χ1) is 16.6. The Morgan fingerprint density at radius 1 is 0.743 bits per heavy atom. The highest BCUT2D eigenvalue weighted by atomic mass is 35.5. The molecule has 0 aromatic heterocycles. The van der Waals surface area contributed by atoms with E-state index in [2.05, 4.69) is 0 Å². The number of ketones is 2. The number of carbonyl (C=O) groups excluding carboxylic acids is 2. The van der Waals surface area contributed by atoms with Crippen LogP contribution in [0, 0.1) is 20.2 Å². The van der Waals surface area contributed by atoms with Crippen LogP contribution < -0.4 is 5.73 Å². The number of fused-ring (bicyclic) bond motifs is 2. The summed E-state index contributed by atoms with van der Waals surface area (Å²) in [7, 11) is 0. The molecule has 12 nitrogen and oxygen atoms in total. The highest BCUT2D eigenvalue weighted by Gasteiger charge is 2.43. The highest BCUT2D eigenvalue weighted by Crippen LogP contribution is 2.43. The Morgan fingerprint density at radius 3 is 1.37 bits per heavy atom. The number of benzene rings is 3. The topological polar surface area (TPSA) is 207 Å². The Morgan fingerprint density at radius 2 is 1.11 bits per heavy atom. The molecule has 0 heterocycles. The molecule has 0 amide bonds. The number of para-hydroxylation sites is 1.